The monoisotopic (exact) mass is 327 g/mol. The van der Waals surface area contributed by atoms with E-state index in [1.807, 2.05) is 0 Å². The third-order valence-electron chi connectivity index (χ3n) is 2.46. The molecule has 0 aromatic heterocycles. The topological polar surface area (TPSA) is 43.1 Å². The van der Waals surface area contributed by atoms with Gasteiger partial charge < -0.3 is 5.73 Å². The molecule has 1 rings (SSSR count). The minimum Gasteiger partial charge on any atom is -0.312 e. The highest BCUT2D eigenvalue weighted by atomic mass is 79.9. The zero-order valence-electron chi connectivity index (χ0n) is 9.31. The predicted octanol–water partition coefficient (Wildman–Crippen LogP) is 2.98. The Labute approximate surface area is 109 Å². The van der Waals surface area contributed by atoms with Gasteiger partial charge in [0.1, 0.15) is 5.82 Å². The maximum absolute atomic E-state index is 13.0. The van der Waals surface area contributed by atoms with Gasteiger partial charge in [-0.2, -0.15) is 13.2 Å². The number of hydrogen-bond acceptors (Lipinski definition) is 2. The molecule has 2 nitrogen and oxygen atoms in total. The quantitative estimate of drug-likeness (QED) is 0.867. The van der Waals surface area contributed by atoms with Crippen molar-refractivity contribution in [3.63, 3.8) is 0 Å². The summed E-state index contributed by atoms with van der Waals surface area (Å²) < 4.78 is 50.9. The largest absolute Gasteiger partial charge is 0.413 e. The van der Waals surface area contributed by atoms with E-state index in [0.29, 0.717) is 11.4 Å². The van der Waals surface area contributed by atoms with Crippen LogP contribution in [0.2, 0.25) is 0 Å². The van der Waals surface area contributed by atoms with E-state index in [1.165, 1.54) is 6.07 Å². The van der Waals surface area contributed by atoms with Gasteiger partial charge >= 0.3 is 6.18 Å². The molecular formula is C11H10BrF4NO. The maximum atomic E-state index is 13.0. The maximum Gasteiger partial charge on any atom is 0.413 e. The molecule has 0 aliphatic heterocycles. The third-order valence-corrected chi connectivity index (χ3v) is 2.91. The van der Waals surface area contributed by atoms with Crippen LogP contribution in [0.1, 0.15) is 12.5 Å². The number of alkyl halides is 3. The molecule has 1 atom stereocenters. The van der Waals surface area contributed by atoms with Gasteiger partial charge in [0.15, 0.2) is 11.3 Å². The predicted molar refractivity (Wildman–Crippen MR) is 61.5 cm³/mol. The van der Waals surface area contributed by atoms with Crippen molar-refractivity contribution < 1.29 is 22.4 Å². The fourth-order valence-electron chi connectivity index (χ4n) is 1.24. The number of ketones is 1. The van der Waals surface area contributed by atoms with E-state index in [-0.39, 0.29) is 5.56 Å². The molecule has 7 heteroatoms. The van der Waals surface area contributed by atoms with Gasteiger partial charge in [0.2, 0.25) is 0 Å². The molecule has 0 bridgehead atoms. The number of carbonyl (C=O) groups is 1. The van der Waals surface area contributed by atoms with E-state index in [9.17, 15) is 22.4 Å². The molecule has 0 radical (unpaired) electrons. The van der Waals surface area contributed by atoms with Crippen LogP contribution in [0.25, 0.3) is 0 Å². The summed E-state index contributed by atoms with van der Waals surface area (Å²) >= 11 is 2.99. The van der Waals surface area contributed by atoms with E-state index in [2.05, 4.69) is 15.9 Å². The fourth-order valence-corrected chi connectivity index (χ4v) is 1.75. The van der Waals surface area contributed by atoms with Crippen molar-refractivity contribution in [2.45, 2.75) is 25.1 Å². The summed E-state index contributed by atoms with van der Waals surface area (Å²) in [4.78, 5) is 11.5. The lowest BCUT2D eigenvalue weighted by molar-refractivity contribution is -0.185. The lowest BCUT2D eigenvalue weighted by atomic mass is 9.92. The lowest BCUT2D eigenvalue weighted by Crippen LogP contribution is -2.57. The van der Waals surface area contributed by atoms with Crippen molar-refractivity contribution >= 4 is 21.7 Å². The number of carbonyl (C=O) groups excluding carboxylic acids is 1. The van der Waals surface area contributed by atoms with Crippen LogP contribution in [-0.4, -0.2) is 17.5 Å². The Kier molecular flexibility index (Phi) is 4.17. The van der Waals surface area contributed by atoms with Gasteiger partial charge in [-0.3, -0.25) is 4.79 Å². The Morgan fingerprint density at radius 1 is 1.33 bits per heavy atom. The first-order valence-corrected chi connectivity index (χ1v) is 5.67. The molecule has 0 heterocycles. The molecule has 18 heavy (non-hydrogen) atoms. The molecule has 0 amide bonds. The molecule has 2 N–H and O–H groups in total. The smallest absolute Gasteiger partial charge is 0.312 e. The molecule has 1 aromatic rings. The van der Waals surface area contributed by atoms with Crippen LogP contribution in [0.15, 0.2) is 22.7 Å². The highest BCUT2D eigenvalue weighted by molar-refractivity contribution is 9.10. The minimum atomic E-state index is -4.84. The molecule has 0 spiro atoms. The van der Waals surface area contributed by atoms with Gasteiger partial charge in [-0.1, -0.05) is 15.9 Å². The Balaban J connectivity index is 2.95. The zero-order chi connectivity index (χ0) is 14.1. The van der Waals surface area contributed by atoms with Crippen molar-refractivity contribution in [3.05, 3.63) is 34.1 Å². The number of Topliss-reactive ketones (excluding diaryl/α,β-unsaturated/α-hetero) is 1. The van der Waals surface area contributed by atoms with Crippen LogP contribution in [0.5, 0.6) is 0 Å². The number of halogens is 5. The molecule has 1 unspecified atom stereocenters. The summed E-state index contributed by atoms with van der Waals surface area (Å²) in [5.41, 5.74) is 2.17. The number of nitrogens with two attached hydrogens (primary N) is 1. The summed E-state index contributed by atoms with van der Waals surface area (Å²) in [5.74, 6) is -1.86. The highest BCUT2D eigenvalue weighted by Crippen LogP contribution is 2.29. The third kappa shape index (κ3) is 3.29. The standard InChI is InChI=1S/C11H10BrF4NO/c1-10(17,11(14,15)16)9(18)4-6-2-7(12)5-8(13)3-6/h2-3,5H,4,17H2,1H3. The average Bonchev–Trinajstić information content (AvgIpc) is 2.13. The van der Waals surface area contributed by atoms with Crippen molar-refractivity contribution in [3.8, 4) is 0 Å². The molecule has 0 saturated carbocycles. The molecular weight excluding hydrogens is 318 g/mol. The van der Waals surface area contributed by atoms with E-state index in [4.69, 9.17) is 5.73 Å². The van der Waals surface area contributed by atoms with Crippen LogP contribution in [-0.2, 0) is 11.2 Å². The van der Waals surface area contributed by atoms with E-state index >= 15 is 0 Å². The summed E-state index contributed by atoms with van der Waals surface area (Å²) in [5, 5.41) is 0. The zero-order valence-corrected chi connectivity index (χ0v) is 10.9. The Morgan fingerprint density at radius 3 is 2.33 bits per heavy atom. The Bertz CT molecular complexity index is 450. The second-order valence-corrected chi connectivity index (χ2v) is 4.99. The first kappa shape index (κ1) is 15.1. The first-order valence-electron chi connectivity index (χ1n) is 4.88. The van der Waals surface area contributed by atoms with Gasteiger partial charge in [-0.05, 0) is 30.7 Å². The van der Waals surface area contributed by atoms with Gasteiger partial charge in [-0.15, -0.1) is 0 Å². The van der Waals surface area contributed by atoms with Gasteiger partial charge in [0.05, 0.1) is 0 Å². The van der Waals surface area contributed by atoms with Crippen LogP contribution in [0.4, 0.5) is 17.6 Å². The normalized spacial score (nSPS) is 15.3. The number of benzene rings is 1. The minimum absolute atomic E-state index is 0.132. The summed E-state index contributed by atoms with van der Waals surface area (Å²) in [6.07, 6.45) is -5.42. The number of hydrogen-bond donors (Lipinski definition) is 1. The van der Waals surface area contributed by atoms with Crippen LogP contribution in [0.3, 0.4) is 0 Å². The fraction of sp³-hybridized carbons (Fsp3) is 0.364. The molecule has 1 aromatic carbocycles. The molecule has 100 valence electrons. The molecule has 0 saturated heterocycles. The summed E-state index contributed by atoms with van der Waals surface area (Å²) in [6, 6.07) is 3.50. The highest BCUT2D eigenvalue weighted by Gasteiger charge is 2.53. The van der Waals surface area contributed by atoms with Gasteiger partial charge in [0, 0.05) is 10.9 Å². The summed E-state index contributed by atoms with van der Waals surface area (Å²) in [6.45, 7) is 0.601. The SMILES string of the molecule is CC(N)(C(=O)Cc1cc(F)cc(Br)c1)C(F)(F)F. The number of rotatable bonds is 3. The van der Waals surface area contributed by atoms with Gasteiger partial charge in [-0.25, -0.2) is 4.39 Å². The Hall–Kier alpha value is -0.950. The molecule has 0 aliphatic rings. The van der Waals surface area contributed by atoms with Crippen molar-refractivity contribution in [1.29, 1.82) is 0 Å². The first-order chi connectivity index (χ1) is 8.04. The second-order valence-electron chi connectivity index (χ2n) is 4.08. The van der Waals surface area contributed by atoms with E-state index in [0.717, 1.165) is 12.1 Å². The van der Waals surface area contributed by atoms with Crippen molar-refractivity contribution in [1.82, 2.24) is 0 Å². The second kappa shape index (κ2) is 4.97. The van der Waals surface area contributed by atoms with Crippen molar-refractivity contribution in [2.75, 3.05) is 0 Å². The van der Waals surface area contributed by atoms with Crippen LogP contribution >= 0.6 is 15.9 Å². The lowest BCUT2D eigenvalue weighted by Gasteiger charge is -2.25. The van der Waals surface area contributed by atoms with Crippen LogP contribution < -0.4 is 5.73 Å². The van der Waals surface area contributed by atoms with E-state index < -0.39 is 29.7 Å². The van der Waals surface area contributed by atoms with E-state index in [1.54, 1.807) is 0 Å². The van der Waals surface area contributed by atoms with Gasteiger partial charge in [0.25, 0.3) is 0 Å². The molecule has 0 aliphatic carbocycles. The van der Waals surface area contributed by atoms with Crippen molar-refractivity contribution in [2.24, 2.45) is 5.73 Å². The molecule has 0 fully saturated rings. The average molecular weight is 328 g/mol. The Morgan fingerprint density at radius 2 is 1.89 bits per heavy atom. The van der Waals surface area contributed by atoms with Crippen LogP contribution in [0, 0.1) is 5.82 Å². The summed E-state index contributed by atoms with van der Waals surface area (Å²) in [7, 11) is 0.